The molecule has 0 fully saturated rings. The molecular formula is C39H51Cl3N7O11+. The highest BCUT2D eigenvalue weighted by molar-refractivity contribution is 6.35. The van der Waals surface area contributed by atoms with Crippen LogP contribution in [0.3, 0.4) is 0 Å². The fraction of sp³-hybridized carbons (Fsp3) is 0.462. The third-order valence-corrected chi connectivity index (χ3v) is 9.77. The Hall–Kier alpha value is -4.82. The molecule has 18 nitrogen and oxygen atoms in total. The van der Waals surface area contributed by atoms with Gasteiger partial charge < -0.3 is 35.8 Å². The van der Waals surface area contributed by atoms with Crippen LogP contribution in [0, 0.1) is 0 Å². The van der Waals surface area contributed by atoms with Crippen LogP contribution >= 0.6 is 34.8 Å². The number of carboxylic acid groups (broad SMARTS) is 4. The summed E-state index contributed by atoms with van der Waals surface area (Å²) in [7, 11) is 0. The van der Waals surface area contributed by atoms with E-state index in [0.29, 0.717) is 47.7 Å². The number of carboxylic acids is 4. The van der Waals surface area contributed by atoms with Crippen LogP contribution in [0.2, 0.25) is 15.1 Å². The second kappa shape index (κ2) is 26.4. The molecule has 3 rings (SSSR count). The van der Waals surface area contributed by atoms with Crippen molar-refractivity contribution in [3.8, 4) is 0 Å². The van der Waals surface area contributed by atoms with Crippen LogP contribution in [0.5, 0.6) is 0 Å². The van der Waals surface area contributed by atoms with Crippen LogP contribution in [0.15, 0.2) is 61.2 Å². The Morgan fingerprint density at radius 1 is 0.717 bits per heavy atom. The van der Waals surface area contributed by atoms with Gasteiger partial charge in [0.1, 0.15) is 25.0 Å². The van der Waals surface area contributed by atoms with Gasteiger partial charge in [0.05, 0.1) is 26.2 Å². The number of carbonyl (C=O) groups excluding carboxylic acids is 2. The van der Waals surface area contributed by atoms with E-state index in [-0.39, 0.29) is 45.2 Å². The van der Waals surface area contributed by atoms with Gasteiger partial charge in [0, 0.05) is 59.9 Å². The molecule has 328 valence electrons. The quantitative estimate of drug-likeness (QED) is 0.0289. The van der Waals surface area contributed by atoms with Gasteiger partial charge >= 0.3 is 23.9 Å². The van der Waals surface area contributed by atoms with E-state index in [1.54, 1.807) is 35.0 Å². The minimum atomic E-state index is -1.87. The summed E-state index contributed by atoms with van der Waals surface area (Å²) in [6, 6.07) is 10.8. The van der Waals surface area contributed by atoms with Gasteiger partial charge in [-0.15, -0.1) is 0 Å². The standard InChI is InChI=1S/C39H50Cl3N7O11/c40-28-7-5-27(6-8-28)25-60-32(30-10-9-29(41)19-31(30)42)20-48-17-18-49(26-48)22-34(51)44-12-4-2-1-3-11-43-33(50)21-47(24-36(54)55)16-15-46(23-35(52)53)14-13-45-37(38(56)57)39(58)59/h5-10,17-19,26,32,37,45H,1-4,11-16,20-25H2,(H5-,43,44,50,51,52,53,54,55,56,57,58,59)/p+1. The molecule has 1 atom stereocenters. The molecule has 0 bridgehead atoms. The molecule has 3 aromatic rings. The molecule has 21 heteroatoms. The molecule has 1 unspecified atom stereocenters. The van der Waals surface area contributed by atoms with Crippen LogP contribution < -0.4 is 20.5 Å². The molecule has 0 aliphatic rings. The number of nitrogens with zero attached hydrogens (tertiary/aromatic N) is 4. The Morgan fingerprint density at radius 2 is 1.32 bits per heavy atom. The minimum Gasteiger partial charge on any atom is -0.480 e. The lowest BCUT2D eigenvalue weighted by atomic mass is 10.1. The molecule has 0 spiro atoms. The van der Waals surface area contributed by atoms with Crippen LogP contribution in [-0.4, -0.2) is 135 Å². The fourth-order valence-electron chi connectivity index (χ4n) is 5.95. The summed E-state index contributed by atoms with van der Waals surface area (Å²) >= 11 is 18.7. The predicted octanol–water partition coefficient (Wildman–Crippen LogP) is 2.39. The van der Waals surface area contributed by atoms with E-state index < -0.39 is 55.0 Å². The van der Waals surface area contributed by atoms with Crippen LogP contribution in [-0.2, 0) is 53.2 Å². The lowest BCUT2D eigenvalue weighted by Gasteiger charge is -2.26. The number of ether oxygens (including phenoxy) is 1. The molecule has 2 amide bonds. The highest BCUT2D eigenvalue weighted by Gasteiger charge is 2.25. The molecule has 7 N–H and O–H groups in total. The summed E-state index contributed by atoms with van der Waals surface area (Å²) < 4.78 is 9.97. The number of hydrogen-bond donors (Lipinski definition) is 7. The molecule has 1 heterocycles. The van der Waals surface area contributed by atoms with Gasteiger partial charge in [-0.2, -0.15) is 0 Å². The maximum Gasteiger partial charge on any atom is 0.332 e. The largest absolute Gasteiger partial charge is 0.480 e. The van der Waals surface area contributed by atoms with E-state index in [9.17, 15) is 39.0 Å². The molecule has 0 radical (unpaired) electrons. The van der Waals surface area contributed by atoms with E-state index in [4.69, 9.17) is 49.8 Å². The Morgan fingerprint density at radius 3 is 1.93 bits per heavy atom. The van der Waals surface area contributed by atoms with E-state index in [1.165, 1.54) is 9.80 Å². The van der Waals surface area contributed by atoms with Crippen LogP contribution in [0.25, 0.3) is 0 Å². The number of amides is 2. The van der Waals surface area contributed by atoms with Gasteiger partial charge in [0.2, 0.25) is 18.3 Å². The molecule has 60 heavy (non-hydrogen) atoms. The molecule has 0 saturated heterocycles. The van der Waals surface area contributed by atoms with Crippen molar-refractivity contribution in [2.24, 2.45) is 0 Å². The summed E-state index contributed by atoms with van der Waals surface area (Å²) in [5.41, 5.74) is 1.72. The van der Waals surface area contributed by atoms with Gasteiger partial charge in [-0.1, -0.05) is 65.8 Å². The fourth-order valence-corrected chi connectivity index (χ4v) is 6.61. The molecule has 0 saturated carbocycles. The number of unbranched alkanes of at least 4 members (excludes halogenated alkanes) is 3. The minimum absolute atomic E-state index is 0.00521. The Bertz CT molecular complexity index is 1870. The van der Waals surface area contributed by atoms with E-state index in [0.717, 1.165) is 30.4 Å². The van der Waals surface area contributed by atoms with Crippen molar-refractivity contribution in [3.05, 3.63) is 87.4 Å². The number of aliphatic carboxylic acids is 4. The molecular weight excluding hydrogens is 849 g/mol. The van der Waals surface area contributed by atoms with E-state index >= 15 is 0 Å². The van der Waals surface area contributed by atoms with Crippen molar-refractivity contribution >= 4 is 70.5 Å². The molecule has 2 aromatic carbocycles. The highest BCUT2D eigenvalue weighted by atomic mass is 35.5. The summed E-state index contributed by atoms with van der Waals surface area (Å²) in [6.07, 6.45) is 7.99. The maximum atomic E-state index is 12.7. The smallest absolute Gasteiger partial charge is 0.332 e. The molecule has 0 aliphatic carbocycles. The van der Waals surface area contributed by atoms with Gasteiger partial charge in [-0.05, 0) is 42.7 Å². The first kappa shape index (κ1) is 49.5. The Labute approximate surface area is 361 Å². The van der Waals surface area contributed by atoms with Crippen molar-refractivity contribution in [1.82, 2.24) is 30.3 Å². The van der Waals surface area contributed by atoms with Gasteiger partial charge in [-0.25, -0.2) is 18.7 Å². The number of carbonyl (C=O) groups is 6. The number of imidazole rings is 1. The number of nitrogens with one attached hydrogen (secondary N) is 3. The zero-order chi connectivity index (χ0) is 44.0. The van der Waals surface area contributed by atoms with Crippen LogP contribution in [0.4, 0.5) is 0 Å². The Kier molecular flexibility index (Phi) is 21.8. The first-order valence-corrected chi connectivity index (χ1v) is 20.2. The third kappa shape index (κ3) is 19.5. The Balaban J connectivity index is 1.35. The lowest BCUT2D eigenvalue weighted by molar-refractivity contribution is -0.684. The van der Waals surface area contributed by atoms with Crippen molar-refractivity contribution < 1.29 is 58.5 Å². The highest BCUT2D eigenvalue weighted by Crippen LogP contribution is 2.30. The average Bonchev–Trinajstić information content (AvgIpc) is 3.61. The van der Waals surface area contributed by atoms with Gasteiger partial charge in [0.15, 0.2) is 6.54 Å². The number of aromatic nitrogens is 2. The summed E-state index contributed by atoms with van der Waals surface area (Å²) in [5, 5.41) is 46.2. The number of halogens is 3. The monoisotopic (exact) mass is 898 g/mol. The van der Waals surface area contributed by atoms with E-state index in [2.05, 4.69) is 16.0 Å². The topological polar surface area (TPSA) is 244 Å². The summed E-state index contributed by atoms with van der Waals surface area (Å²) in [6.45, 7) is 0.302. The number of benzene rings is 2. The average molecular weight is 900 g/mol. The second-order valence-corrected chi connectivity index (χ2v) is 15.1. The predicted molar refractivity (Wildman–Crippen MR) is 220 cm³/mol. The molecule has 0 aliphatic heterocycles. The van der Waals surface area contributed by atoms with Crippen molar-refractivity contribution in [2.45, 2.75) is 57.5 Å². The lowest BCUT2D eigenvalue weighted by Crippen LogP contribution is -2.48. The summed E-state index contributed by atoms with van der Waals surface area (Å²) in [4.78, 5) is 72.9. The zero-order valence-corrected chi connectivity index (χ0v) is 35.1. The SMILES string of the molecule is O=C(O)CN(CCNC(C(=O)O)C(=O)O)CCN(CC(=O)O)CC(=O)NCCCCCCNC(=O)C[n+]1ccn(CC(OCc2ccc(Cl)cc2)c2ccc(Cl)cc2Cl)c1. The zero-order valence-electron chi connectivity index (χ0n) is 32.8. The number of rotatable bonds is 30. The molecule has 1 aromatic heterocycles. The third-order valence-electron chi connectivity index (χ3n) is 8.96. The second-order valence-electron chi connectivity index (χ2n) is 13.8. The van der Waals surface area contributed by atoms with Gasteiger partial charge in [0.25, 0.3) is 5.91 Å². The first-order valence-electron chi connectivity index (χ1n) is 19.1. The maximum absolute atomic E-state index is 12.7. The normalized spacial score (nSPS) is 11.8. The first-order chi connectivity index (χ1) is 28.6. The van der Waals surface area contributed by atoms with Gasteiger partial charge in [-0.3, -0.25) is 34.3 Å². The van der Waals surface area contributed by atoms with Crippen molar-refractivity contribution in [2.75, 3.05) is 58.9 Å². The van der Waals surface area contributed by atoms with Crippen molar-refractivity contribution in [1.29, 1.82) is 0 Å². The van der Waals surface area contributed by atoms with Crippen LogP contribution in [0.1, 0.15) is 42.9 Å². The number of hydrogen-bond acceptors (Lipinski definition) is 10. The van der Waals surface area contributed by atoms with Crippen molar-refractivity contribution in [3.63, 3.8) is 0 Å². The van der Waals surface area contributed by atoms with E-state index in [1.807, 2.05) is 35.3 Å². The summed E-state index contributed by atoms with van der Waals surface area (Å²) in [5.74, 6) is -6.15.